The molecule has 1 aliphatic heterocycles. The second-order valence-corrected chi connectivity index (χ2v) is 4.85. The molecule has 0 aromatic carbocycles. The number of nitriles is 1. The number of nitrogens with zero attached hydrogens (tertiary/aromatic N) is 5. The molecule has 106 valence electrons. The van der Waals surface area contributed by atoms with Crippen molar-refractivity contribution in [1.29, 1.82) is 5.26 Å². The van der Waals surface area contributed by atoms with E-state index in [4.69, 9.17) is 0 Å². The van der Waals surface area contributed by atoms with Crippen molar-refractivity contribution in [3.8, 4) is 11.9 Å². The minimum absolute atomic E-state index is 0.0537. The Labute approximate surface area is 121 Å². The number of rotatable bonds is 3. The summed E-state index contributed by atoms with van der Waals surface area (Å²) in [4.78, 5) is 17.8. The first-order valence-corrected chi connectivity index (χ1v) is 6.55. The van der Waals surface area contributed by atoms with Gasteiger partial charge in [0, 0.05) is 31.7 Å². The maximum atomic E-state index is 12.1. The number of aliphatic hydroxyl groups excluding tert-OH is 1. The van der Waals surface area contributed by atoms with Gasteiger partial charge in [-0.3, -0.25) is 9.69 Å². The maximum absolute atomic E-state index is 12.1. The summed E-state index contributed by atoms with van der Waals surface area (Å²) in [5.74, 6) is 0.714. The summed E-state index contributed by atoms with van der Waals surface area (Å²) >= 11 is 0. The van der Waals surface area contributed by atoms with Crippen molar-refractivity contribution >= 4 is 11.7 Å². The fraction of sp³-hybridized carbons (Fsp3) is 0.286. The molecule has 1 amide bonds. The number of carbonyl (C=O) groups is 1. The van der Waals surface area contributed by atoms with E-state index >= 15 is 0 Å². The number of aromatic nitrogens is 3. The molecular formula is C14H13N5O2. The van der Waals surface area contributed by atoms with Crippen LogP contribution in [0.15, 0.2) is 30.6 Å². The van der Waals surface area contributed by atoms with Crippen molar-refractivity contribution < 1.29 is 9.90 Å². The number of hydrogen-bond donors (Lipinski definition) is 1. The van der Waals surface area contributed by atoms with Gasteiger partial charge in [-0.2, -0.15) is 15.0 Å². The Kier molecular flexibility index (Phi) is 3.38. The summed E-state index contributed by atoms with van der Waals surface area (Å²) in [6, 6.07) is 7.39. The highest BCUT2D eigenvalue weighted by Crippen LogP contribution is 2.29. The first kappa shape index (κ1) is 13.3. The van der Waals surface area contributed by atoms with Crippen LogP contribution in [0, 0.1) is 17.2 Å². The molecule has 3 rings (SSSR count). The zero-order valence-electron chi connectivity index (χ0n) is 11.2. The highest BCUT2D eigenvalue weighted by atomic mass is 16.3. The third-order valence-electron chi connectivity index (χ3n) is 3.45. The van der Waals surface area contributed by atoms with E-state index < -0.39 is 0 Å². The van der Waals surface area contributed by atoms with Gasteiger partial charge >= 0.3 is 0 Å². The quantitative estimate of drug-likeness (QED) is 0.884. The molecule has 1 saturated heterocycles. The standard InChI is InChI=1S/C14H13N5O2/c15-6-11-7-17-19(12-3-1-2-4-16-12)14(11)18-8-10(9-20)5-13(18)21/h1-4,7,10,20H,5,8-9H2. The van der Waals surface area contributed by atoms with Gasteiger partial charge < -0.3 is 5.11 Å². The van der Waals surface area contributed by atoms with Crippen LogP contribution >= 0.6 is 0 Å². The lowest BCUT2D eigenvalue weighted by Crippen LogP contribution is -2.28. The summed E-state index contributed by atoms with van der Waals surface area (Å²) in [6.45, 7) is 0.324. The molecule has 0 radical (unpaired) electrons. The number of aliphatic hydroxyl groups is 1. The minimum Gasteiger partial charge on any atom is -0.396 e. The van der Waals surface area contributed by atoms with Gasteiger partial charge in [0.15, 0.2) is 11.6 Å². The fourth-order valence-corrected chi connectivity index (χ4v) is 2.44. The number of hydrogen-bond acceptors (Lipinski definition) is 5. The largest absolute Gasteiger partial charge is 0.396 e. The van der Waals surface area contributed by atoms with Crippen LogP contribution in [-0.2, 0) is 4.79 Å². The molecule has 7 nitrogen and oxygen atoms in total. The average molecular weight is 283 g/mol. The molecule has 0 aliphatic carbocycles. The number of amides is 1. The molecule has 1 N–H and O–H groups in total. The predicted molar refractivity (Wildman–Crippen MR) is 73.6 cm³/mol. The predicted octanol–water partition coefficient (Wildman–Crippen LogP) is 0.484. The summed E-state index contributed by atoms with van der Waals surface area (Å²) in [5, 5.41) is 22.6. The van der Waals surface area contributed by atoms with Gasteiger partial charge in [0.05, 0.1) is 6.20 Å². The number of carbonyl (C=O) groups excluding carboxylic acids is 1. The molecule has 0 spiro atoms. The van der Waals surface area contributed by atoms with Crippen molar-refractivity contribution in [2.75, 3.05) is 18.1 Å². The lowest BCUT2D eigenvalue weighted by Gasteiger charge is -2.18. The molecule has 1 fully saturated rings. The lowest BCUT2D eigenvalue weighted by molar-refractivity contribution is -0.117. The van der Waals surface area contributed by atoms with Crippen LogP contribution in [0.5, 0.6) is 0 Å². The molecule has 0 saturated carbocycles. The van der Waals surface area contributed by atoms with Gasteiger partial charge in [-0.05, 0) is 12.1 Å². The van der Waals surface area contributed by atoms with E-state index in [-0.39, 0.29) is 24.9 Å². The maximum Gasteiger partial charge on any atom is 0.228 e. The van der Waals surface area contributed by atoms with E-state index in [9.17, 15) is 15.2 Å². The van der Waals surface area contributed by atoms with Crippen LogP contribution in [0.4, 0.5) is 5.82 Å². The van der Waals surface area contributed by atoms with E-state index in [1.165, 1.54) is 15.8 Å². The zero-order chi connectivity index (χ0) is 14.8. The van der Waals surface area contributed by atoms with Crippen LogP contribution in [0.2, 0.25) is 0 Å². The van der Waals surface area contributed by atoms with Crippen molar-refractivity contribution in [1.82, 2.24) is 14.8 Å². The topological polar surface area (TPSA) is 95.0 Å². The van der Waals surface area contributed by atoms with Gasteiger partial charge in [0.2, 0.25) is 5.91 Å². The summed E-state index contributed by atoms with van der Waals surface area (Å²) in [7, 11) is 0. The Hall–Kier alpha value is -2.72. The highest BCUT2D eigenvalue weighted by molar-refractivity contribution is 5.96. The normalized spacial score (nSPS) is 18.0. The van der Waals surface area contributed by atoms with Gasteiger partial charge in [0.1, 0.15) is 11.6 Å². The summed E-state index contributed by atoms with van der Waals surface area (Å²) < 4.78 is 1.48. The first-order chi connectivity index (χ1) is 10.2. The fourth-order valence-electron chi connectivity index (χ4n) is 2.44. The third-order valence-corrected chi connectivity index (χ3v) is 3.45. The Balaban J connectivity index is 2.08. The Morgan fingerprint density at radius 3 is 2.95 bits per heavy atom. The van der Waals surface area contributed by atoms with Crippen LogP contribution in [0.25, 0.3) is 5.82 Å². The lowest BCUT2D eigenvalue weighted by atomic mass is 10.1. The van der Waals surface area contributed by atoms with E-state index in [0.717, 1.165) is 0 Å². The number of pyridine rings is 1. The summed E-state index contributed by atoms with van der Waals surface area (Å²) in [5.41, 5.74) is 0.313. The second kappa shape index (κ2) is 5.34. The molecule has 0 bridgehead atoms. The Morgan fingerprint density at radius 1 is 1.48 bits per heavy atom. The first-order valence-electron chi connectivity index (χ1n) is 6.55. The third kappa shape index (κ3) is 2.26. The van der Waals surface area contributed by atoms with Crippen molar-refractivity contribution in [3.63, 3.8) is 0 Å². The average Bonchev–Trinajstić information content (AvgIpc) is 3.10. The van der Waals surface area contributed by atoms with Gasteiger partial charge in [-0.1, -0.05) is 6.07 Å². The van der Waals surface area contributed by atoms with E-state index in [0.29, 0.717) is 23.7 Å². The van der Waals surface area contributed by atoms with Crippen molar-refractivity contribution in [2.45, 2.75) is 6.42 Å². The molecule has 1 atom stereocenters. The van der Waals surface area contributed by atoms with Crippen LogP contribution < -0.4 is 4.90 Å². The second-order valence-electron chi connectivity index (χ2n) is 4.85. The zero-order valence-corrected chi connectivity index (χ0v) is 11.2. The molecule has 2 aromatic rings. The van der Waals surface area contributed by atoms with E-state index in [1.807, 2.05) is 12.1 Å². The van der Waals surface area contributed by atoms with E-state index in [2.05, 4.69) is 10.1 Å². The minimum atomic E-state index is -0.122. The number of anilines is 1. The molecule has 21 heavy (non-hydrogen) atoms. The SMILES string of the molecule is N#Cc1cnn(-c2ccccn2)c1N1CC(CO)CC1=O. The van der Waals surface area contributed by atoms with Crippen molar-refractivity contribution in [2.24, 2.45) is 5.92 Å². The smallest absolute Gasteiger partial charge is 0.228 e. The van der Waals surface area contributed by atoms with Crippen LogP contribution in [0.1, 0.15) is 12.0 Å². The summed E-state index contributed by atoms with van der Waals surface area (Å²) in [6.07, 6.45) is 3.31. The van der Waals surface area contributed by atoms with Gasteiger partial charge in [-0.15, -0.1) is 0 Å². The molecule has 1 aliphatic rings. The monoisotopic (exact) mass is 283 g/mol. The van der Waals surface area contributed by atoms with Gasteiger partial charge in [-0.25, -0.2) is 4.98 Å². The Bertz CT molecular complexity index is 704. The highest BCUT2D eigenvalue weighted by Gasteiger charge is 2.34. The molecule has 1 unspecified atom stereocenters. The van der Waals surface area contributed by atoms with Crippen molar-refractivity contribution in [3.05, 3.63) is 36.2 Å². The molecular weight excluding hydrogens is 270 g/mol. The van der Waals surface area contributed by atoms with E-state index in [1.54, 1.807) is 18.3 Å². The van der Waals surface area contributed by atoms with Crippen LogP contribution in [-0.4, -0.2) is 38.9 Å². The van der Waals surface area contributed by atoms with Gasteiger partial charge in [0.25, 0.3) is 0 Å². The molecule has 2 aromatic heterocycles. The molecule has 7 heteroatoms. The van der Waals surface area contributed by atoms with Crippen LogP contribution in [0.3, 0.4) is 0 Å². The molecule has 3 heterocycles. The Morgan fingerprint density at radius 2 is 2.33 bits per heavy atom.